The number of allylic oxidation sites excluding steroid dienone is 1. The van der Waals surface area contributed by atoms with Gasteiger partial charge in [-0.15, -0.1) is 5.10 Å². The molecule has 4 heteroatoms. The van der Waals surface area contributed by atoms with Crippen LogP contribution in [0.3, 0.4) is 0 Å². The van der Waals surface area contributed by atoms with Crippen LogP contribution in [0, 0.1) is 6.92 Å². The molecule has 0 saturated carbocycles. The smallest absolute Gasteiger partial charge is 0.243 e. The number of nitrogens with zero attached hydrogens (tertiary/aromatic N) is 3. The number of nitrogens with one attached hydrogen (secondary N) is 1. The summed E-state index contributed by atoms with van der Waals surface area (Å²) >= 11 is 0. The minimum Gasteiger partial charge on any atom is -0.353 e. The lowest BCUT2D eigenvalue weighted by atomic mass is 10.4. The molecule has 0 radical (unpaired) electrons. The molecule has 0 aliphatic carbocycles. The summed E-state index contributed by atoms with van der Waals surface area (Å²) in [5, 5.41) is 7.58. The summed E-state index contributed by atoms with van der Waals surface area (Å²) in [6.07, 6.45) is 5.15. The third-order valence-corrected chi connectivity index (χ3v) is 2.38. The average molecular weight is 216 g/mol. The molecular formula is C12H16N4. The van der Waals surface area contributed by atoms with Crippen LogP contribution in [0.4, 0.5) is 5.95 Å². The quantitative estimate of drug-likeness (QED) is 0.630. The van der Waals surface area contributed by atoms with E-state index >= 15 is 0 Å². The number of hydrogen-bond donors (Lipinski definition) is 1. The van der Waals surface area contributed by atoms with Gasteiger partial charge in [0.1, 0.15) is 0 Å². The minimum absolute atomic E-state index is 0.693. The Bertz CT molecular complexity index is 499. The van der Waals surface area contributed by atoms with Gasteiger partial charge in [0.15, 0.2) is 5.65 Å². The summed E-state index contributed by atoms with van der Waals surface area (Å²) in [5.41, 5.74) is 1.97. The van der Waals surface area contributed by atoms with Crippen molar-refractivity contribution in [3.8, 4) is 0 Å². The van der Waals surface area contributed by atoms with E-state index in [0.717, 1.165) is 24.3 Å². The Labute approximate surface area is 95.0 Å². The molecule has 0 saturated heterocycles. The van der Waals surface area contributed by atoms with E-state index in [4.69, 9.17) is 0 Å². The first-order valence-electron chi connectivity index (χ1n) is 5.48. The zero-order valence-electron chi connectivity index (χ0n) is 9.64. The van der Waals surface area contributed by atoms with Crippen LogP contribution in [0.25, 0.3) is 5.65 Å². The molecule has 0 spiro atoms. The Morgan fingerprint density at radius 1 is 1.44 bits per heavy atom. The Kier molecular flexibility index (Phi) is 3.19. The molecule has 0 bridgehead atoms. The van der Waals surface area contributed by atoms with Gasteiger partial charge >= 0.3 is 0 Å². The maximum atomic E-state index is 4.39. The number of anilines is 1. The fourth-order valence-electron chi connectivity index (χ4n) is 1.54. The highest BCUT2D eigenvalue weighted by Gasteiger charge is 2.02. The van der Waals surface area contributed by atoms with Gasteiger partial charge in [-0.05, 0) is 32.4 Å². The standard InChI is InChI=1S/C12H16N4/c1-3-4-5-9-13-12-14-11-8-6-7-10(2)16(11)15-12/h3-4,6-8H,5,9H2,1-2H3,(H,13,15)/b4-3+. The number of fused-ring (bicyclic) bond motifs is 1. The lowest BCUT2D eigenvalue weighted by Crippen LogP contribution is -2.02. The SMILES string of the molecule is C/C=C/CCNc1nc2cccc(C)n2n1. The van der Waals surface area contributed by atoms with E-state index in [1.54, 1.807) is 0 Å². The van der Waals surface area contributed by atoms with E-state index in [9.17, 15) is 0 Å². The summed E-state index contributed by atoms with van der Waals surface area (Å²) in [6.45, 7) is 4.90. The van der Waals surface area contributed by atoms with Gasteiger partial charge in [-0.3, -0.25) is 0 Å². The topological polar surface area (TPSA) is 42.2 Å². The third-order valence-electron chi connectivity index (χ3n) is 2.38. The molecule has 16 heavy (non-hydrogen) atoms. The Morgan fingerprint density at radius 3 is 3.06 bits per heavy atom. The second-order valence-electron chi connectivity index (χ2n) is 3.66. The van der Waals surface area contributed by atoms with Crippen LogP contribution in [0.15, 0.2) is 30.4 Å². The molecule has 0 atom stereocenters. The highest BCUT2D eigenvalue weighted by atomic mass is 15.3. The highest BCUT2D eigenvalue weighted by molar-refractivity contribution is 5.44. The summed E-state index contributed by atoms with van der Waals surface area (Å²) < 4.78 is 1.85. The van der Waals surface area contributed by atoms with E-state index in [2.05, 4.69) is 21.5 Å². The Morgan fingerprint density at radius 2 is 2.31 bits per heavy atom. The van der Waals surface area contributed by atoms with Gasteiger partial charge in [0.25, 0.3) is 0 Å². The second kappa shape index (κ2) is 4.79. The van der Waals surface area contributed by atoms with Gasteiger partial charge in [0.05, 0.1) is 0 Å². The maximum Gasteiger partial charge on any atom is 0.243 e. The van der Waals surface area contributed by atoms with Crippen molar-refractivity contribution in [2.75, 3.05) is 11.9 Å². The molecule has 2 heterocycles. The fourth-order valence-corrected chi connectivity index (χ4v) is 1.54. The van der Waals surface area contributed by atoms with Gasteiger partial charge in [0.2, 0.25) is 5.95 Å². The molecule has 0 fully saturated rings. The minimum atomic E-state index is 0.693. The van der Waals surface area contributed by atoms with Crippen LogP contribution in [0.2, 0.25) is 0 Å². The van der Waals surface area contributed by atoms with Crippen molar-refractivity contribution < 1.29 is 0 Å². The second-order valence-corrected chi connectivity index (χ2v) is 3.66. The van der Waals surface area contributed by atoms with Crippen molar-refractivity contribution in [1.82, 2.24) is 14.6 Å². The molecular weight excluding hydrogens is 200 g/mol. The van der Waals surface area contributed by atoms with E-state index < -0.39 is 0 Å². The van der Waals surface area contributed by atoms with Crippen LogP contribution in [-0.2, 0) is 0 Å². The van der Waals surface area contributed by atoms with Crippen LogP contribution in [0.5, 0.6) is 0 Å². The lowest BCUT2D eigenvalue weighted by molar-refractivity contribution is 0.907. The van der Waals surface area contributed by atoms with Crippen molar-refractivity contribution in [1.29, 1.82) is 0 Å². The molecule has 0 aliphatic heterocycles. The molecule has 1 N–H and O–H groups in total. The lowest BCUT2D eigenvalue weighted by Gasteiger charge is -1.96. The van der Waals surface area contributed by atoms with Crippen LogP contribution in [0.1, 0.15) is 19.0 Å². The van der Waals surface area contributed by atoms with Crippen molar-refractivity contribution in [3.05, 3.63) is 36.0 Å². The van der Waals surface area contributed by atoms with Gasteiger partial charge in [-0.25, -0.2) is 4.52 Å². The Balaban J connectivity index is 2.11. The van der Waals surface area contributed by atoms with Crippen LogP contribution in [-0.4, -0.2) is 21.1 Å². The number of pyridine rings is 1. The van der Waals surface area contributed by atoms with E-state index in [1.807, 2.05) is 42.6 Å². The van der Waals surface area contributed by atoms with Gasteiger partial charge < -0.3 is 5.32 Å². The van der Waals surface area contributed by atoms with E-state index in [0.29, 0.717) is 5.95 Å². The Hall–Kier alpha value is -1.84. The summed E-state index contributed by atoms with van der Waals surface area (Å²) in [6, 6.07) is 5.96. The number of aromatic nitrogens is 3. The normalized spacial score (nSPS) is 11.4. The molecule has 0 amide bonds. The summed E-state index contributed by atoms with van der Waals surface area (Å²) in [5.74, 6) is 0.693. The molecule has 2 aromatic heterocycles. The van der Waals surface area contributed by atoms with Gasteiger partial charge in [0, 0.05) is 12.2 Å². The van der Waals surface area contributed by atoms with Crippen LogP contribution >= 0.6 is 0 Å². The molecule has 4 nitrogen and oxygen atoms in total. The molecule has 2 aromatic rings. The highest BCUT2D eigenvalue weighted by Crippen LogP contribution is 2.07. The molecule has 2 rings (SSSR count). The van der Waals surface area contributed by atoms with Crippen LogP contribution < -0.4 is 5.32 Å². The molecule has 0 unspecified atom stereocenters. The number of hydrogen-bond acceptors (Lipinski definition) is 3. The summed E-state index contributed by atoms with van der Waals surface area (Å²) in [4.78, 5) is 4.39. The van der Waals surface area contributed by atoms with E-state index in [1.165, 1.54) is 0 Å². The van der Waals surface area contributed by atoms with Crippen molar-refractivity contribution in [2.24, 2.45) is 0 Å². The molecule has 0 aromatic carbocycles. The predicted octanol–water partition coefficient (Wildman–Crippen LogP) is 2.42. The third kappa shape index (κ3) is 2.21. The van der Waals surface area contributed by atoms with Crippen molar-refractivity contribution >= 4 is 11.6 Å². The van der Waals surface area contributed by atoms with Crippen molar-refractivity contribution in [3.63, 3.8) is 0 Å². The average Bonchev–Trinajstić information content (AvgIpc) is 2.69. The first-order chi connectivity index (χ1) is 7.81. The van der Waals surface area contributed by atoms with Crippen molar-refractivity contribution in [2.45, 2.75) is 20.3 Å². The number of rotatable bonds is 4. The monoisotopic (exact) mass is 216 g/mol. The van der Waals surface area contributed by atoms with E-state index in [-0.39, 0.29) is 0 Å². The zero-order chi connectivity index (χ0) is 11.4. The molecule has 84 valence electrons. The van der Waals surface area contributed by atoms with Gasteiger partial charge in [-0.1, -0.05) is 18.2 Å². The number of aryl methyl sites for hydroxylation is 1. The fraction of sp³-hybridized carbons (Fsp3) is 0.333. The largest absolute Gasteiger partial charge is 0.353 e. The first-order valence-corrected chi connectivity index (χ1v) is 5.48. The first kappa shape index (κ1) is 10.7. The maximum absolute atomic E-state index is 4.39. The summed E-state index contributed by atoms with van der Waals surface area (Å²) in [7, 11) is 0. The van der Waals surface area contributed by atoms with Gasteiger partial charge in [-0.2, -0.15) is 4.98 Å². The predicted molar refractivity (Wildman–Crippen MR) is 65.6 cm³/mol. The molecule has 0 aliphatic rings. The zero-order valence-corrected chi connectivity index (χ0v) is 9.64.